The van der Waals surface area contributed by atoms with E-state index in [1.165, 1.54) is 16.4 Å². The Hall–Kier alpha value is -2.87. The molecule has 8 heteroatoms. The summed E-state index contributed by atoms with van der Waals surface area (Å²) in [6.45, 7) is 2.65. The van der Waals surface area contributed by atoms with Gasteiger partial charge in [-0.2, -0.15) is 5.10 Å². The minimum absolute atomic E-state index is 0.0135. The molecule has 3 amide bonds. The molecule has 1 aromatic heterocycles. The van der Waals surface area contributed by atoms with E-state index < -0.39 is 5.91 Å². The minimum atomic E-state index is -0.483. The number of anilines is 1. The lowest BCUT2D eigenvalue weighted by molar-refractivity contribution is -0.118. The van der Waals surface area contributed by atoms with Gasteiger partial charge in [-0.3, -0.25) is 14.4 Å². The van der Waals surface area contributed by atoms with Crippen LogP contribution in [0.3, 0.4) is 0 Å². The zero-order chi connectivity index (χ0) is 17.6. The Bertz CT molecular complexity index is 730. The number of carbonyl (C=O) groups is 2. The first kappa shape index (κ1) is 17.0. The molecule has 0 unspecified atom stereocenters. The second kappa shape index (κ2) is 7.80. The predicted molar refractivity (Wildman–Crippen MR) is 93.7 cm³/mol. The molecule has 0 radical (unpaired) electrons. The molecule has 1 atom stereocenters. The molecule has 0 spiro atoms. The maximum Gasteiger partial charge on any atom is 0.319 e. The molecular weight excluding hydrogens is 320 g/mol. The van der Waals surface area contributed by atoms with Crippen molar-refractivity contribution >= 4 is 17.6 Å². The lowest BCUT2D eigenvalue weighted by atomic mass is 10.2. The van der Waals surface area contributed by atoms with E-state index in [4.69, 9.17) is 5.73 Å². The predicted octanol–water partition coefficient (Wildman–Crippen LogP) is 0.764. The number of carbonyl (C=O) groups excluding carboxylic acids is 2. The standard InChI is InChI=1S/C17H22N6O2/c18-16(24)12-23-11-15(8-19-23)21-17(25)20-14-6-7-22(10-14)9-13-4-2-1-3-5-13/h1-5,8,11,14H,6-7,9-10,12H2,(H2,18,24)(H2,20,21,25)/t14-/m1/s1. The van der Waals surface area contributed by atoms with Crippen molar-refractivity contribution in [2.24, 2.45) is 5.73 Å². The van der Waals surface area contributed by atoms with Gasteiger partial charge in [0.2, 0.25) is 5.91 Å². The van der Waals surface area contributed by atoms with Crippen molar-refractivity contribution in [3.8, 4) is 0 Å². The fourth-order valence-electron chi connectivity index (χ4n) is 2.96. The number of benzene rings is 1. The number of hydrogen-bond donors (Lipinski definition) is 3. The average Bonchev–Trinajstić information content (AvgIpc) is 3.17. The Balaban J connectivity index is 1.44. The third-order valence-electron chi connectivity index (χ3n) is 4.07. The smallest absolute Gasteiger partial charge is 0.319 e. The quantitative estimate of drug-likeness (QED) is 0.721. The van der Waals surface area contributed by atoms with E-state index in [1.54, 1.807) is 6.20 Å². The van der Waals surface area contributed by atoms with Crippen LogP contribution in [0.4, 0.5) is 10.5 Å². The molecule has 8 nitrogen and oxygen atoms in total. The normalized spacial score (nSPS) is 17.4. The van der Waals surface area contributed by atoms with Crippen LogP contribution in [0.1, 0.15) is 12.0 Å². The van der Waals surface area contributed by atoms with Crippen molar-refractivity contribution in [2.75, 3.05) is 18.4 Å². The van der Waals surface area contributed by atoms with E-state index >= 15 is 0 Å². The van der Waals surface area contributed by atoms with E-state index in [2.05, 4.69) is 32.8 Å². The fraction of sp³-hybridized carbons (Fsp3) is 0.353. The van der Waals surface area contributed by atoms with Crippen LogP contribution in [-0.4, -0.2) is 45.8 Å². The number of amides is 3. The van der Waals surface area contributed by atoms with Gasteiger partial charge in [0.15, 0.2) is 0 Å². The summed E-state index contributed by atoms with van der Waals surface area (Å²) in [6.07, 6.45) is 3.97. The SMILES string of the molecule is NC(=O)Cn1cc(NC(=O)N[C@@H]2CCN(Cc3ccccc3)C2)cn1. The van der Waals surface area contributed by atoms with Crippen LogP contribution in [0.2, 0.25) is 0 Å². The van der Waals surface area contributed by atoms with E-state index in [0.29, 0.717) is 5.69 Å². The molecule has 0 aliphatic carbocycles. The lowest BCUT2D eigenvalue weighted by Gasteiger charge is -2.16. The Morgan fingerprint density at radius 3 is 2.84 bits per heavy atom. The number of nitrogens with two attached hydrogens (primary N) is 1. The third kappa shape index (κ3) is 5.05. The monoisotopic (exact) mass is 342 g/mol. The van der Waals surface area contributed by atoms with Crippen molar-refractivity contribution < 1.29 is 9.59 Å². The first-order chi connectivity index (χ1) is 12.1. The lowest BCUT2D eigenvalue weighted by Crippen LogP contribution is -2.39. The molecule has 3 rings (SSSR count). The first-order valence-corrected chi connectivity index (χ1v) is 8.23. The van der Waals surface area contributed by atoms with Gasteiger partial charge >= 0.3 is 6.03 Å². The van der Waals surface area contributed by atoms with Crippen LogP contribution in [0.5, 0.6) is 0 Å². The van der Waals surface area contributed by atoms with Crippen molar-refractivity contribution in [1.82, 2.24) is 20.0 Å². The van der Waals surface area contributed by atoms with Gasteiger partial charge in [-0.15, -0.1) is 0 Å². The number of nitrogens with zero attached hydrogens (tertiary/aromatic N) is 3. The highest BCUT2D eigenvalue weighted by molar-refractivity contribution is 5.89. The van der Waals surface area contributed by atoms with Crippen molar-refractivity contribution in [3.05, 3.63) is 48.3 Å². The highest BCUT2D eigenvalue weighted by atomic mass is 16.2. The molecule has 1 fully saturated rings. The largest absolute Gasteiger partial charge is 0.368 e. The Morgan fingerprint density at radius 2 is 2.08 bits per heavy atom. The Kier molecular flexibility index (Phi) is 5.30. The average molecular weight is 342 g/mol. The van der Waals surface area contributed by atoms with E-state index in [9.17, 15) is 9.59 Å². The number of primary amides is 1. The Labute approximate surface area is 146 Å². The van der Waals surface area contributed by atoms with Gasteiger partial charge in [0, 0.05) is 31.9 Å². The second-order valence-corrected chi connectivity index (χ2v) is 6.20. The van der Waals surface area contributed by atoms with Gasteiger partial charge in [0.1, 0.15) is 6.54 Å². The number of hydrogen-bond acceptors (Lipinski definition) is 4. The van der Waals surface area contributed by atoms with E-state index in [0.717, 1.165) is 26.1 Å². The van der Waals surface area contributed by atoms with E-state index in [1.807, 2.05) is 18.2 Å². The molecule has 1 aromatic carbocycles. The Morgan fingerprint density at radius 1 is 1.28 bits per heavy atom. The zero-order valence-corrected chi connectivity index (χ0v) is 13.9. The summed E-state index contributed by atoms with van der Waals surface area (Å²) in [5.74, 6) is -0.483. The molecule has 2 heterocycles. The van der Waals surface area contributed by atoms with Crippen molar-refractivity contribution in [2.45, 2.75) is 25.6 Å². The van der Waals surface area contributed by atoms with E-state index in [-0.39, 0.29) is 18.6 Å². The van der Waals surface area contributed by atoms with Crippen LogP contribution < -0.4 is 16.4 Å². The van der Waals surface area contributed by atoms with Gasteiger partial charge in [0.25, 0.3) is 0 Å². The van der Waals surface area contributed by atoms with Gasteiger partial charge in [-0.25, -0.2) is 4.79 Å². The van der Waals surface area contributed by atoms with Crippen LogP contribution in [0, 0.1) is 0 Å². The molecule has 1 saturated heterocycles. The van der Waals surface area contributed by atoms with Gasteiger partial charge in [-0.05, 0) is 12.0 Å². The molecule has 132 valence electrons. The molecule has 4 N–H and O–H groups in total. The minimum Gasteiger partial charge on any atom is -0.368 e. The number of urea groups is 1. The number of likely N-dealkylation sites (tertiary alicyclic amines) is 1. The topological polar surface area (TPSA) is 105 Å². The van der Waals surface area contributed by atoms with Crippen molar-refractivity contribution in [1.29, 1.82) is 0 Å². The second-order valence-electron chi connectivity index (χ2n) is 6.20. The summed E-state index contributed by atoms with van der Waals surface area (Å²) < 4.78 is 1.38. The van der Waals surface area contributed by atoms with Gasteiger partial charge < -0.3 is 16.4 Å². The summed E-state index contributed by atoms with van der Waals surface area (Å²) in [4.78, 5) is 25.3. The highest BCUT2D eigenvalue weighted by Crippen LogP contribution is 2.14. The van der Waals surface area contributed by atoms with Crippen molar-refractivity contribution in [3.63, 3.8) is 0 Å². The van der Waals surface area contributed by atoms with Crippen LogP contribution in [-0.2, 0) is 17.9 Å². The summed E-state index contributed by atoms with van der Waals surface area (Å²) in [7, 11) is 0. The number of nitrogens with one attached hydrogen (secondary N) is 2. The molecule has 0 saturated carbocycles. The summed E-state index contributed by atoms with van der Waals surface area (Å²) in [5.41, 5.74) is 6.91. The molecule has 25 heavy (non-hydrogen) atoms. The molecule has 1 aliphatic rings. The molecular formula is C17H22N6O2. The maximum absolute atomic E-state index is 12.1. The maximum atomic E-state index is 12.1. The van der Waals surface area contributed by atoms with Crippen LogP contribution >= 0.6 is 0 Å². The summed E-state index contributed by atoms with van der Waals surface area (Å²) in [6, 6.07) is 10.1. The summed E-state index contributed by atoms with van der Waals surface area (Å²) >= 11 is 0. The third-order valence-corrected chi connectivity index (χ3v) is 4.07. The van der Waals surface area contributed by atoms with Crippen LogP contribution in [0.25, 0.3) is 0 Å². The summed E-state index contributed by atoms with van der Waals surface area (Å²) in [5, 5.41) is 9.66. The van der Waals surface area contributed by atoms with Gasteiger partial charge in [-0.1, -0.05) is 30.3 Å². The molecule has 1 aliphatic heterocycles. The highest BCUT2D eigenvalue weighted by Gasteiger charge is 2.23. The first-order valence-electron chi connectivity index (χ1n) is 8.23. The van der Waals surface area contributed by atoms with Gasteiger partial charge in [0.05, 0.1) is 11.9 Å². The zero-order valence-electron chi connectivity index (χ0n) is 13.9. The number of rotatable bonds is 6. The number of aromatic nitrogens is 2. The molecule has 0 bridgehead atoms. The fourth-order valence-corrected chi connectivity index (χ4v) is 2.96. The van der Waals surface area contributed by atoms with Crippen LogP contribution in [0.15, 0.2) is 42.7 Å². The molecule has 2 aromatic rings.